The Balaban J connectivity index is 2.06. The first-order valence-corrected chi connectivity index (χ1v) is 7.17. The average Bonchev–Trinajstić information content (AvgIpc) is 2.41. The van der Waals surface area contributed by atoms with Gasteiger partial charge in [-0.05, 0) is 44.0 Å². The molecule has 1 aromatic carbocycles. The van der Waals surface area contributed by atoms with E-state index in [1.807, 2.05) is 18.2 Å². The first-order chi connectivity index (χ1) is 9.24. The molecule has 108 valence electrons. The van der Waals surface area contributed by atoms with Crippen molar-refractivity contribution in [2.75, 3.05) is 33.5 Å². The zero-order valence-electron chi connectivity index (χ0n) is 11.8. The van der Waals surface area contributed by atoms with Crippen LogP contribution in [0.3, 0.4) is 0 Å². The molecule has 0 radical (unpaired) electrons. The maximum atomic E-state index is 5.98. The molecule has 0 aliphatic heterocycles. The number of ether oxygens (including phenoxy) is 2. The predicted molar refractivity (Wildman–Crippen MR) is 79.8 cm³/mol. The molecule has 1 atom stereocenters. The van der Waals surface area contributed by atoms with E-state index in [4.69, 9.17) is 21.1 Å². The van der Waals surface area contributed by atoms with Crippen molar-refractivity contribution < 1.29 is 9.47 Å². The van der Waals surface area contributed by atoms with Crippen LogP contribution in [-0.2, 0) is 9.47 Å². The van der Waals surface area contributed by atoms with Crippen LogP contribution in [0, 0.1) is 0 Å². The Morgan fingerprint density at radius 3 is 2.79 bits per heavy atom. The Hall–Kier alpha value is -0.610. The third kappa shape index (κ3) is 7.53. The molecular formula is C15H24ClNO2. The van der Waals surface area contributed by atoms with E-state index >= 15 is 0 Å². The zero-order chi connectivity index (χ0) is 13.9. The van der Waals surface area contributed by atoms with E-state index in [-0.39, 0.29) is 0 Å². The highest BCUT2D eigenvalue weighted by Gasteiger charge is 2.04. The quantitative estimate of drug-likeness (QED) is 0.668. The summed E-state index contributed by atoms with van der Waals surface area (Å²) in [4.78, 5) is 0. The van der Waals surface area contributed by atoms with Crippen LogP contribution in [-0.4, -0.2) is 33.5 Å². The van der Waals surface area contributed by atoms with Crippen molar-refractivity contribution in [1.29, 1.82) is 0 Å². The molecule has 4 heteroatoms. The number of unbranched alkanes of at least 4 members (excludes halogenated alkanes) is 1. The van der Waals surface area contributed by atoms with Crippen LogP contribution < -0.4 is 5.32 Å². The average molecular weight is 286 g/mol. The van der Waals surface area contributed by atoms with Gasteiger partial charge in [-0.15, -0.1) is 0 Å². The summed E-state index contributed by atoms with van der Waals surface area (Å²) < 4.78 is 10.3. The summed E-state index contributed by atoms with van der Waals surface area (Å²) in [5, 5.41) is 4.28. The Bertz CT molecular complexity index is 347. The van der Waals surface area contributed by atoms with Gasteiger partial charge in [-0.3, -0.25) is 0 Å². The first-order valence-electron chi connectivity index (χ1n) is 6.79. The number of nitrogens with one attached hydrogen (secondary N) is 1. The molecule has 0 saturated heterocycles. The second-order valence-corrected chi connectivity index (χ2v) is 4.98. The number of benzene rings is 1. The van der Waals surface area contributed by atoms with E-state index < -0.39 is 0 Å². The summed E-state index contributed by atoms with van der Waals surface area (Å²) in [5.41, 5.74) is 1.23. The molecule has 0 amide bonds. The van der Waals surface area contributed by atoms with Crippen LogP contribution in [0.5, 0.6) is 0 Å². The smallest absolute Gasteiger partial charge is 0.0700 e. The largest absolute Gasteiger partial charge is 0.382 e. The molecule has 0 aromatic heterocycles. The lowest BCUT2D eigenvalue weighted by Gasteiger charge is -2.14. The third-order valence-corrected chi connectivity index (χ3v) is 3.18. The molecule has 1 N–H and O–H groups in total. The summed E-state index contributed by atoms with van der Waals surface area (Å²) in [7, 11) is 1.69. The molecule has 0 fully saturated rings. The molecular weight excluding hydrogens is 262 g/mol. The molecule has 1 unspecified atom stereocenters. The summed E-state index contributed by atoms with van der Waals surface area (Å²) in [6.07, 6.45) is 2.18. The molecule has 19 heavy (non-hydrogen) atoms. The van der Waals surface area contributed by atoms with Gasteiger partial charge in [0.25, 0.3) is 0 Å². The van der Waals surface area contributed by atoms with Gasteiger partial charge < -0.3 is 14.8 Å². The Morgan fingerprint density at radius 1 is 1.21 bits per heavy atom. The molecule has 0 heterocycles. The number of halogens is 1. The fourth-order valence-electron chi connectivity index (χ4n) is 1.79. The number of hydrogen-bond donors (Lipinski definition) is 1. The molecule has 0 aliphatic rings. The van der Waals surface area contributed by atoms with Gasteiger partial charge in [-0.1, -0.05) is 23.7 Å². The summed E-state index contributed by atoms with van der Waals surface area (Å²) >= 11 is 5.98. The van der Waals surface area contributed by atoms with Crippen molar-refractivity contribution >= 4 is 11.6 Å². The van der Waals surface area contributed by atoms with Gasteiger partial charge in [0, 0.05) is 24.8 Å². The van der Waals surface area contributed by atoms with Crippen LogP contribution in [0.25, 0.3) is 0 Å². The van der Waals surface area contributed by atoms with Crippen LogP contribution in [0.15, 0.2) is 24.3 Å². The van der Waals surface area contributed by atoms with Gasteiger partial charge in [-0.2, -0.15) is 0 Å². The molecule has 0 aliphatic carbocycles. The van der Waals surface area contributed by atoms with Gasteiger partial charge in [0.2, 0.25) is 0 Å². The fourth-order valence-corrected chi connectivity index (χ4v) is 1.98. The monoisotopic (exact) mass is 285 g/mol. The van der Waals surface area contributed by atoms with E-state index in [0.717, 1.165) is 31.0 Å². The predicted octanol–water partition coefficient (Wildman–Crippen LogP) is 3.43. The minimum Gasteiger partial charge on any atom is -0.382 e. The molecule has 3 nitrogen and oxygen atoms in total. The minimum atomic E-state index is 0.327. The van der Waals surface area contributed by atoms with Crippen molar-refractivity contribution in [1.82, 2.24) is 5.32 Å². The molecule has 1 rings (SSSR count). The lowest BCUT2D eigenvalue weighted by atomic mass is 10.1. The molecule has 0 bridgehead atoms. The maximum Gasteiger partial charge on any atom is 0.0700 e. The van der Waals surface area contributed by atoms with E-state index in [2.05, 4.69) is 18.3 Å². The topological polar surface area (TPSA) is 30.5 Å². The normalized spacial score (nSPS) is 12.6. The Morgan fingerprint density at radius 2 is 2.05 bits per heavy atom. The van der Waals surface area contributed by atoms with E-state index in [9.17, 15) is 0 Å². The van der Waals surface area contributed by atoms with Gasteiger partial charge in [0.1, 0.15) is 0 Å². The summed E-state index contributed by atoms with van der Waals surface area (Å²) in [6, 6.07) is 8.31. The lowest BCUT2D eigenvalue weighted by molar-refractivity contribution is 0.0687. The first kappa shape index (κ1) is 16.4. The van der Waals surface area contributed by atoms with Crippen molar-refractivity contribution in [3.8, 4) is 0 Å². The highest BCUT2D eigenvalue weighted by molar-refractivity contribution is 6.30. The third-order valence-electron chi connectivity index (χ3n) is 2.95. The molecule has 1 aromatic rings. The van der Waals surface area contributed by atoms with Crippen molar-refractivity contribution in [2.24, 2.45) is 0 Å². The van der Waals surface area contributed by atoms with E-state index in [1.165, 1.54) is 5.56 Å². The number of hydrogen-bond acceptors (Lipinski definition) is 3. The standard InChI is InChI=1S/C15H24ClNO2/c1-13(14-6-5-7-15(16)12-14)17-8-3-4-9-19-11-10-18-2/h5-7,12-13,17H,3-4,8-11H2,1-2H3. The van der Waals surface area contributed by atoms with Crippen molar-refractivity contribution in [3.05, 3.63) is 34.9 Å². The van der Waals surface area contributed by atoms with Crippen LogP contribution in [0.2, 0.25) is 5.02 Å². The van der Waals surface area contributed by atoms with Gasteiger partial charge in [-0.25, -0.2) is 0 Å². The number of methoxy groups -OCH3 is 1. The van der Waals surface area contributed by atoms with E-state index in [0.29, 0.717) is 19.3 Å². The highest BCUT2D eigenvalue weighted by atomic mass is 35.5. The van der Waals surface area contributed by atoms with Gasteiger partial charge >= 0.3 is 0 Å². The van der Waals surface area contributed by atoms with Crippen LogP contribution in [0.4, 0.5) is 0 Å². The number of rotatable bonds is 10. The van der Waals surface area contributed by atoms with Gasteiger partial charge in [0.15, 0.2) is 0 Å². The zero-order valence-corrected chi connectivity index (χ0v) is 12.6. The molecule has 0 saturated carbocycles. The SMILES string of the molecule is COCCOCCCCNC(C)c1cccc(Cl)c1. The second kappa shape index (κ2) is 10.2. The second-order valence-electron chi connectivity index (χ2n) is 4.54. The Kier molecular flexibility index (Phi) is 8.84. The maximum absolute atomic E-state index is 5.98. The van der Waals surface area contributed by atoms with Crippen LogP contribution >= 0.6 is 11.6 Å². The Labute approximate surface area is 121 Å². The van der Waals surface area contributed by atoms with Crippen molar-refractivity contribution in [2.45, 2.75) is 25.8 Å². The van der Waals surface area contributed by atoms with Crippen LogP contribution in [0.1, 0.15) is 31.4 Å². The summed E-state index contributed by atoms with van der Waals surface area (Å²) in [5.74, 6) is 0. The van der Waals surface area contributed by atoms with E-state index in [1.54, 1.807) is 7.11 Å². The fraction of sp³-hybridized carbons (Fsp3) is 0.600. The molecule has 0 spiro atoms. The highest BCUT2D eigenvalue weighted by Crippen LogP contribution is 2.17. The lowest BCUT2D eigenvalue weighted by Crippen LogP contribution is -2.20. The summed E-state index contributed by atoms with van der Waals surface area (Å²) in [6.45, 7) is 5.30. The van der Waals surface area contributed by atoms with Gasteiger partial charge in [0.05, 0.1) is 13.2 Å². The van der Waals surface area contributed by atoms with Crippen molar-refractivity contribution in [3.63, 3.8) is 0 Å². The minimum absolute atomic E-state index is 0.327.